The summed E-state index contributed by atoms with van der Waals surface area (Å²) in [5.41, 5.74) is 1.10. The summed E-state index contributed by atoms with van der Waals surface area (Å²) in [4.78, 5) is 11.0. The Morgan fingerprint density at radius 2 is 1.53 bits per heavy atom. The highest BCUT2D eigenvalue weighted by molar-refractivity contribution is 5.57. The Labute approximate surface area is 101 Å². The number of carbonyl (C=O) groups is 1. The number of hydrogen-bond donors (Lipinski definition) is 0. The van der Waals surface area contributed by atoms with Crippen molar-refractivity contribution in [2.75, 3.05) is 0 Å². The van der Waals surface area contributed by atoms with Crippen LogP contribution in [-0.2, 0) is 11.2 Å². The molecule has 0 bridgehead atoms. The number of hydrogen-bond acceptors (Lipinski definition) is 2. The van der Waals surface area contributed by atoms with Crippen LogP contribution >= 0.6 is 0 Å². The van der Waals surface area contributed by atoms with Crippen LogP contribution in [0.3, 0.4) is 0 Å². The van der Waals surface area contributed by atoms with Crippen molar-refractivity contribution in [3.8, 4) is 5.75 Å². The molecule has 0 aliphatic heterocycles. The van der Waals surface area contributed by atoms with Crippen LogP contribution in [0.2, 0.25) is 0 Å². The third kappa shape index (κ3) is 3.45. The first-order valence-corrected chi connectivity index (χ1v) is 5.59. The number of carbonyl (C=O) groups excluding carboxylic acids is 1. The van der Waals surface area contributed by atoms with Gasteiger partial charge < -0.3 is 4.74 Å². The highest BCUT2D eigenvalue weighted by atomic mass is 16.5. The fourth-order valence-corrected chi connectivity index (χ4v) is 1.64. The Hall–Kier alpha value is -2.09. The van der Waals surface area contributed by atoms with E-state index in [1.54, 1.807) is 0 Å². The van der Waals surface area contributed by atoms with Crippen LogP contribution in [0.4, 0.5) is 0 Å². The van der Waals surface area contributed by atoms with E-state index in [0.29, 0.717) is 6.42 Å². The van der Waals surface area contributed by atoms with Gasteiger partial charge in [-0.2, -0.15) is 0 Å². The zero-order valence-electron chi connectivity index (χ0n) is 9.45. The van der Waals surface area contributed by atoms with E-state index in [2.05, 4.69) is 0 Å². The van der Waals surface area contributed by atoms with Gasteiger partial charge in [-0.05, 0) is 17.7 Å². The molecule has 17 heavy (non-hydrogen) atoms. The molecule has 2 rings (SSSR count). The molecule has 0 fully saturated rings. The van der Waals surface area contributed by atoms with Crippen molar-refractivity contribution in [2.24, 2.45) is 0 Å². The van der Waals surface area contributed by atoms with E-state index in [-0.39, 0.29) is 0 Å². The van der Waals surface area contributed by atoms with Gasteiger partial charge in [0, 0.05) is 6.42 Å². The summed E-state index contributed by atoms with van der Waals surface area (Å²) in [6.45, 7) is 0. The first kappa shape index (κ1) is 11.4. The lowest BCUT2D eigenvalue weighted by atomic mass is 10.1. The quantitative estimate of drug-likeness (QED) is 0.733. The van der Waals surface area contributed by atoms with E-state index in [4.69, 9.17) is 4.74 Å². The minimum Gasteiger partial charge on any atom is -0.483 e. The maximum atomic E-state index is 11.0. The lowest BCUT2D eigenvalue weighted by Gasteiger charge is -2.13. The van der Waals surface area contributed by atoms with Gasteiger partial charge in [-0.15, -0.1) is 0 Å². The van der Waals surface area contributed by atoms with Crippen LogP contribution in [0.1, 0.15) is 5.56 Å². The molecule has 0 saturated heterocycles. The van der Waals surface area contributed by atoms with Gasteiger partial charge in [-0.25, -0.2) is 0 Å². The van der Waals surface area contributed by atoms with E-state index < -0.39 is 6.10 Å². The molecule has 0 N–H and O–H groups in total. The molecule has 0 saturated carbocycles. The molecule has 2 heteroatoms. The Morgan fingerprint density at radius 1 is 0.941 bits per heavy atom. The molecule has 1 unspecified atom stereocenters. The van der Waals surface area contributed by atoms with Gasteiger partial charge in [0.2, 0.25) is 0 Å². The van der Waals surface area contributed by atoms with E-state index in [9.17, 15) is 4.79 Å². The van der Waals surface area contributed by atoms with E-state index in [1.165, 1.54) is 0 Å². The van der Waals surface area contributed by atoms with Crippen molar-refractivity contribution in [1.29, 1.82) is 0 Å². The average molecular weight is 226 g/mol. The van der Waals surface area contributed by atoms with Crippen molar-refractivity contribution >= 4 is 6.29 Å². The molecule has 86 valence electrons. The number of rotatable bonds is 5. The van der Waals surface area contributed by atoms with Crippen LogP contribution in [0.15, 0.2) is 60.7 Å². The first-order chi connectivity index (χ1) is 8.38. The summed E-state index contributed by atoms with van der Waals surface area (Å²) in [6, 6.07) is 19.2. The number of ether oxygens (including phenoxy) is 1. The SMILES string of the molecule is O=CC(Cc1ccccc1)Oc1ccccc1. The van der Waals surface area contributed by atoms with Crippen LogP contribution in [0.25, 0.3) is 0 Å². The summed E-state index contributed by atoms with van der Waals surface area (Å²) < 4.78 is 5.60. The first-order valence-electron chi connectivity index (χ1n) is 5.59. The van der Waals surface area contributed by atoms with Crippen LogP contribution in [-0.4, -0.2) is 12.4 Å². The molecule has 0 spiro atoms. The van der Waals surface area contributed by atoms with Gasteiger partial charge >= 0.3 is 0 Å². The van der Waals surface area contributed by atoms with Gasteiger partial charge in [0.25, 0.3) is 0 Å². The molecule has 2 nitrogen and oxygen atoms in total. The van der Waals surface area contributed by atoms with Crippen LogP contribution < -0.4 is 4.74 Å². The maximum absolute atomic E-state index is 11.0. The fraction of sp³-hybridized carbons (Fsp3) is 0.133. The predicted octanol–water partition coefficient (Wildman–Crippen LogP) is 2.88. The normalized spacial score (nSPS) is 11.8. The van der Waals surface area contributed by atoms with Crippen molar-refractivity contribution in [3.63, 3.8) is 0 Å². The number of para-hydroxylation sites is 1. The molecular weight excluding hydrogens is 212 g/mol. The van der Waals surface area contributed by atoms with Crippen LogP contribution in [0, 0.1) is 0 Å². The fourth-order valence-electron chi connectivity index (χ4n) is 1.64. The van der Waals surface area contributed by atoms with Gasteiger partial charge in [0.1, 0.15) is 5.75 Å². The molecular formula is C15H14O2. The largest absolute Gasteiger partial charge is 0.483 e. The van der Waals surface area contributed by atoms with Crippen molar-refractivity contribution in [1.82, 2.24) is 0 Å². The van der Waals surface area contributed by atoms with Crippen molar-refractivity contribution < 1.29 is 9.53 Å². The summed E-state index contributed by atoms with van der Waals surface area (Å²) >= 11 is 0. The summed E-state index contributed by atoms with van der Waals surface area (Å²) in [7, 11) is 0. The van der Waals surface area contributed by atoms with Crippen LogP contribution in [0.5, 0.6) is 5.75 Å². The van der Waals surface area contributed by atoms with Gasteiger partial charge in [-0.3, -0.25) is 4.79 Å². The lowest BCUT2D eigenvalue weighted by molar-refractivity contribution is -0.113. The maximum Gasteiger partial charge on any atom is 0.160 e. The highest BCUT2D eigenvalue weighted by Gasteiger charge is 2.09. The standard InChI is InChI=1S/C15H14O2/c16-12-15(11-13-7-3-1-4-8-13)17-14-9-5-2-6-10-14/h1-10,12,15H,11H2. The van der Waals surface area contributed by atoms with Gasteiger partial charge in [0.15, 0.2) is 12.4 Å². The average Bonchev–Trinajstić information content (AvgIpc) is 2.40. The minimum absolute atomic E-state index is 0.431. The van der Waals surface area contributed by atoms with Gasteiger partial charge in [-0.1, -0.05) is 48.5 Å². The molecule has 0 aromatic heterocycles. The Kier molecular flexibility index (Phi) is 3.92. The van der Waals surface area contributed by atoms with Crippen molar-refractivity contribution in [2.45, 2.75) is 12.5 Å². The van der Waals surface area contributed by atoms with E-state index in [0.717, 1.165) is 17.6 Å². The van der Waals surface area contributed by atoms with E-state index in [1.807, 2.05) is 60.7 Å². The topological polar surface area (TPSA) is 26.3 Å². The molecule has 0 amide bonds. The monoisotopic (exact) mass is 226 g/mol. The Morgan fingerprint density at radius 3 is 2.12 bits per heavy atom. The smallest absolute Gasteiger partial charge is 0.160 e. The molecule has 2 aromatic carbocycles. The molecule has 0 aliphatic carbocycles. The Balaban J connectivity index is 2.01. The minimum atomic E-state index is -0.431. The predicted molar refractivity (Wildman–Crippen MR) is 67.1 cm³/mol. The summed E-state index contributed by atoms with van der Waals surface area (Å²) in [5, 5.41) is 0. The Bertz CT molecular complexity index is 409. The third-order valence-electron chi connectivity index (χ3n) is 2.46. The highest BCUT2D eigenvalue weighted by Crippen LogP contribution is 2.12. The molecule has 0 radical (unpaired) electrons. The zero-order chi connectivity index (χ0) is 11.9. The number of benzene rings is 2. The van der Waals surface area contributed by atoms with Gasteiger partial charge in [0.05, 0.1) is 0 Å². The molecule has 0 aliphatic rings. The third-order valence-corrected chi connectivity index (χ3v) is 2.46. The molecule has 2 aromatic rings. The number of aldehydes is 1. The molecule has 1 atom stereocenters. The summed E-state index contributed by atoms with van der Waals surface area (Å²) in [6.07, 6.45) is 1.01. The summed E-state index contributed by atoms with van der Waals surface area (Å²) in [5.74, 6) is 0.723. The zero-order valence-corrected chi connectivity index (χ0v) is 9.45. The second-order valence-corrected chi connectivity index (χ2v) is 3.80. The van der Waals surface area contributed by atoms with E-state index >= 15 is 0 Å². The lowest BCUT2D eigenvalue weighted by Crippen LogP contribution is -2.21. The van der Waals surface area contributed by atoms with Crippen molar-refractivity contribution in [3.05, 3.63) is 66.2 Å². The second kappa shape index (κ2) is 5.85. The molecule has 0 heterocycles. The second-order valence-electron chi connectivity index (χ2n) is 3.80.